The van der Waals surface area contributed by atoms with E-state index in [0.29, 0.717) is 31.2 Å². The largest absolute Gasteiger partial charge is 0.496 e. The number of carbonyl (C=O) groups is 1. The first-order valence-corrected chi connectivity index (χ1v) is 6.94. The predicted octanol–water partition coefficient (Wildman–Crippen LogP) is 2.89. The van der Waals surface area contributed by atoms with Gasteiger partial charge in [-0.25, -0.2) is 4.39 Å². The van der Waals surface area contributed by atoms with E-state index in [-0.39, 0.29) is 17.9 Å². The molecule has 0 aliphatic heterocycles. The molecular weight excluding hydrogens is 271 g/mol. The Bertz CT molecular complexity index is 523. The van der Waals surface area contributed by atoms with Crippen molar-refractivity contribution in [2.24, 2.45) is 5.92 Å². The molecule has 0 radical (unpaired) electrons. The maximum Gasteiger partial charge on any atom is 0.180 e. The van der Waals surface area contributed by atoms with Gasteiger partial charge in [0.05, 0.1) is 25.3 Å². The summed E-state index contributed by atoms with van der Waals surface area (Å²) in [6, 6.07) is 5.98. The quantitative estimate of drug-likeness (QED) is 0.691. The SMILES string of the molecule is COc1ccc(F)cc1C(=O)CN(CCC#N)CC(C)C. The van der Waals surface area contributed by atoms with Crippen molar-refractivity contribution in [2.75, 3.05) is 26.7 Å². The van der Waals surface area contributed by atoms with Crippen LogP contribution in [0.3, 0.4) is 0 Å². The van der Waals surface area contributed by atoms with Crippen molar-refractivity contribution in [3.05, 3.63) is 29.6 Å². The number of carbonyl (C=O) groups excluding carboxylic acids is 1. The smallest absolute Gasteiger partial charge is 0.180 e. The highest BCUT2D eigenvalue weighted by atomic mass is 19.1. The summed E-state index contributed by atoms with van der Waals surface area (Å²) in [6.07, 6.45) is 0.361. The molecule has 0 amide bonds. The van der Waals surface area contributed by atoms with E-state index in [1.165, 1.54) is 25.3 Å². The Labute approximate surface area is 125 Å². The van der Waals surface area contributed by atoms with Crippen molar-refractivity contribution in [3.63, 3.8) is 0 Å². The number of nitrogens with zero attached hydrogens (tertiary/aromatic N) is 2. The molecule has 114 valence electrons. The molecule has 0 atom stereocenters. The maximum absolute atomic E-state index is 13.3. The van der Waals surface area contributed by atoms with Gasteiger partial charge < -0.3 is 4.74 Å². The number of halogens is 1. The van der Waals surface area contributed by atoms with Gasteiger partial charge in [0, 0.05) is 19.5 Å². The zero-order valence-electron chi connectivity index (χ0n) is 12.7. The fourth-order valence-corrected chi connectivity index (χ4v) is 2.15. The second kappa shape index (κ2) is 8.38. The summed E-state index contributed by atoms with van der Waals surface area (Å²) in [4.78, 5) is 14.3. The molecule has 5 heteroatoms. The Morgan fingerprint density at radius 3 is 2.76 bits per heavy atom. The third kappa shape index (κ3) is 5.52. The van der Waals surface area contributed by atoms with Crippen molar-refractivity contribution in [1.82, 2.24) is 4.90 Å². The Balaban J connectivity index is 2.85. The van der Waals surface area contributed by atoms with Crippen LogP contribution in [0.4, 0.5) is 4.39 Å². The lowest BCUT2D eigenvalue weighted by molar-refractivity contribution is 0.0920. The van der Waals surface area contributed by atoms with Crippen molar-refractivity contribution in [1.29, 1.82) is 5.26 Å². The number of hydrogen-bond acceptors (Lipinski definition) is 4. The van der Waals surface area contributed by atoms with Gasteiger partial charge in [-0.3, -0.25) is 9.69 Å². The van der Waals surface area contributed by atoms with Gasteiger partial charge in [-0.1, -0.05) is 13.8 Å². The second-order valence-corrected chi connectivity index (χ2v) is 5.30. The minimum Gasteiger partial charge on any atom is -0.496 e. The van der Waals surface area contributed by atoms with Crippen LogP contribution < -0.4 is 4.74 Å². The number of nitriles is 1. The topological polar surface area (TPSA) is 53.3 Å². The van der Waals surface area contributed by atoms with Gasteiger partial charge in [0.2, 0.25) is 0 Å². The Hall–Kier alpha value is -1.93. The summed E-state index contributed by atoms with van der Waals surface area (Å²) in [5, 5.41) is 8.69. The van der Waals surface area contributed by atoms with Gasteiger partial charge in [0.25, 0.3) is 0 Å². The molecule has 1 rings (SSSR count). The molecule has 1 aromatic carbocycles. The minimum absolute atomic E-state index is 0.152. The van der Waals surface area contributed by atoms with Crippen LogP contribution in [-0.2, 0) is 0 Å². The van der Waals surface area contributed by atoms with Gasteiger partial charge in [0.1, 0.15) is 11.6 Å². The third-order valence-electron chi connectivity index (χ3n) is 2.99. The normalized spacial score (nSPS) is 10.7. The van der Waals surface area contributed by atoms with Crippen molar-refractivity contribution in [2.45, 2.75) is 20.3 Å². The molecular formula is C16H21FN2O2. The summed E-state index contributed by atoms with van der Waals surface area (Å²) in [7, 11) is 1.45. The van der Waals surface area contributed by atoms with Crippen LogP contribution in [0.5, 0.6) is 5.75 Å². The Morgan fingerprint density at radius 2 is 2.19 bits per heavy atom. The molecule has 0 saturated heterocycles. The molecule has 0 aromatic heterocycles. The molecule has 0 aliphatic carbocycles. The highest BCUT2D eigenvalue weighted by Gasteiger charge is 2.17. The standard InChI is InChI=1S/C16H21FN2O2/c1-12(2)10-19(8-4-7-18)11-15(20)14-9-13(17)5-6-16(14)21-3/h5-6,9,12H,4,8,10-11H2,1-3H3. The third-order valence-corrected chi connectivity index (χ3v) is 2.99. The molecule has 0 aliphatic rings. The summed E-state index contributed by atoms with van der Waals surface area (Å²) >= 11 is 0. The van der Waals surface area contributed by atoms with E-state index in [1.807, 2.05) is 18.7 Å². The second-order valence-electron chi connectivity index (χ2n) is 5.30. The summed E-state index contributed by atoms with van der Waals surface area (Å²) < 4.78 is 18.4. The zero-order chi connectivity index (χ0) is 15.8. The van der Waals surface area contributed by atoms with Crippen LogP contribution in [-0.4, -0.2) is 37.4 Å². The molecule has 21 heavy (non-hydrogen) atoms. The minimum atomic E-state index is -0.466. The first kappa shape index (κ1) is 17.1. The van der Waals surface area contributed by atoms with Crippen molar-refractivity contribution >= 4 is 5.78 Å². The Kier molecular flexibility index (Phi) is 6.83. The average molecular weight is 292 g/mol. The lowest BCUT2D eigenvalue weighted by Gasteiger charge is -2.22. The molecule has 0 spiro atoms. The fraction of sp³-hybridized carbons (Fsp3) is 0.500. The van der Waals surface area contributed by atoms with E-state index >= 15 is 0 Å². The van der Waals surface area contributed by atoms with Crippen LogP contribution in [0.25, 0.3) is 0 Å². The van der Waals surface area contributed by atoms with Crippen LogP contribution in [0.15, 0.2) is 18.2 Å². The van der Waals surface area contributed by atoms with E-state index in [9.17, 15) is 9.18 Å². The van der Waals surface area contributed by atoms with Crippen LogP contribution in [0.2, 0.25) is 0 Å². The molecule has 0 N–H and O–H groups in total. The van der Waals surface area contributed by atoms with Gasteiger partial charge in [0.15, 0.2) is 5.78 Å². The highest BCUT2D eigenvalue weighted by Crippen LogP contribution is 2.20. The van der Waals surface area contributed by atoms with Gasteiger partial charge in [-0.2, -0.15) is 5.26 Å². The predicted molar refractivity (Wildman–Crippen MR) is 78.8 cm³/mol. The lowest BCUT2D eigenvalue weighted by atomic mass is 10.1. The van der Waals surface area contributed by atoms with Gasteiger partial charge >= 0.3 is 0 Å². The van der Waals surface area contributed by atoms with Crippen LogP contribution in [0, 0.1) is 23.1 Å². The number of ether oxygens (including phenoxy) is 1. The van der Waals surface area contributed by atoms with E-state index in [2.05, 4.69) is 6.07 Å². The number of rotatable bonds is 8. The van der Waals surface area contributed by atoms with E-state index in [1.54, 1.807) is 0 Å². The van der Waals surface area contributed by atoms with Crippen LogP contribution >= 0.6 is 0 Å². The van der Waals surface area contributed by atoms with Crippen molar-refractivity contribution < 1.29 is 13.9 Å². The summed E-state index contributed by atoms with van der Waals surface area (Å²) in [6.45, 7) is 5.49. The molecule has 0 unspecified atom stereocenters. The van der Waals surface area contributed by atoms with Gasteiger partial charge in [-0.15, -0.1) is 0 Å². The Morgan fingerprint density at radius 1 is 1.48 bits per heavy atom. The summed E-state index contributed by atoms with van der Waals surface area (Å²) in [5.74, 6) is 0.0774. The van der Waals surface area contributed by atoms with Crippen molar-refractivity contribution in [3.8, 4) is 11.8 Å². The number of ketones is 1. The zero-order valence-corrected chi connectivity index (χ0v) is 12.7. The first-order valence-electron chi connectivity index (χ1n) is 6.94. The number of hydrogen-bond donors (Lipinski definition) is 0. The van der Waals surface area contributed by atoms with E-state index in [0.717, 1.165) is 0 Å². The lowest BCUT2D eigenvalue weighted by Crippen LogP contribution is -2.34. The van der Waals surface area contributed by atoms with Gasteiger partial charge in [-0.05, 0) is 24.1 Å². The fourth-order valence-electron chi connectivity index (χ4n) is 2.15. The molecule has 0 fully saturated rings. The highest BCUT2D eigenvalue weighted by molar-refractivity contribution is 6.00. The monoisotopic (exact) mass is 292 g/mol. The van der Waals surface area contributed by atoms with E-state index in [4.69, 9.17) is 10.00 Å². The van der Waals surface area contributed by atoms with E-state index < -0.39 is 5.82 Å². The molecule has 0 heterocycles. The first-order chi connectivity index (χ1) is 9.97. The number of benzene rings is 1. The molecule has 1 aromatic rings. The summed E-state index contributed by atoms with van der Waals surface area (Å²) in [5.41, 5.74) is 0.239. The average Bonchev–Trinajstić information content (AvgIpc) is 2.44. The number of Topliss-reactive ketones (excluding diaryl/α,β-unsaturated/α-hetero) is 1. The van der Waals surface area contributed by atoms with Crippen LogP contribution in [0.1, 0.15) is 30.6 Å². The maximum atomic E-state index is 13.3. The molecule has 4 nitrogen and oxygen atoms in total. The number of methoxy groups -OCH3 is 1. The molecule has 0 saturated carbocycles. The molecule has 0 bridgehead atoms.